The van der Waals surface area contributed by atoms with Gasteiger partial charge in [-0.1, -0.05) is 0 Å². The minimum atomic E-state index is -4.47. The summed E-state index contributed by atoms with van der Waals surface area (Å²) in [6.45, 7) is 4.72. The summed E-state index contributed by atoms with van der Waals surface area (Å²) in [5.41, 5.74) is 3.91. The Hall–Kier alpha value is -2.90. The van der Waals surface area contributed by atoms with E-state index < -0.39 is 17.7 Å². The van der Waals surface area contributed by atoms with Crippen molar-refractivity contribution < 1.29 is 32.2 Å². The lowest BCUT2D eigenvalue weighted by atomic mass is 10.0. The number of amides is 1. The lowest BCUT2D eigenvalue weighted by Crippen LogP contribution is -2.48. The Labute approximate surface area is 181 Å². The summed E-state index contributed by atoms with van der Waals surface area (Å²) in [4.78, 5) is 26.0. The highest BCUT2D eigenvalue weighted by Crippen LogP contribution is 2.35. The van der Waals surface area contributed by atoms with Crippen LogP contribution in [0.4, 0.5) is 19.0 Å². The third kappa shape index (κ3) is 6.31. The second kappa shape index (κ2) is 9.71. The molecule has 4 heterocycles. The van der Waals surface area contributed by atoms with Gasteiger partial charge in [-0.05, 0) is 26.3 Å². The molecule has 3 N–H and O–H groups in total. The Bertz CT molecular complexity index is 915. The predicted octanol–water partition coefficient (Wildman–Crippen LogP) is 1.59. The van der Waals surface area contributed by atoms with Gasteiger partial charge in [0.15, 0.2) is 11.5 Å². The van der Waals surface area contributed by atoms with Crippen molar-refractivity contribution in [2.75, 3.05) is 18.9 Å². The van der Waals surface area contributed by atoms with E-state index in [0.717, 1.165) is 12.6 Å². The van der Waals surface area contributed by atoms with Gasteiger partial charge < -0.3 is 25.3 Å². The van der Waals surface area contributed by atoms with E-state index in [9.17, 15) is 18.0 Å². The number of nitrogens with one attached hydrogen (secondary N) is 1. The fraction of sp³-hybridized carbons (Fsp3) is 0.526. The van der Waals surface area contributed by atoms with Gasteiger partial charge >= 0.3 is 6.18 Å². The van der Waals surface area contributed by atoms with Crippen LogP contribution in [-0.4, -0.2) is 63.1 Å². The average Bonchev–Trinajstić information content (AvgIpc) is 3.07. The molecule has 0 aliphatic carbocycles. The Morgan fingerprint density at radius 2 is 1.97 bits per heavy atom. The minimum Gasteiger partial charge on any atom is -0.382 e. The topological polar surface area (TPSA) is 134 Å². The number of aromatic nitrogens is 4. The molecular formula is C19H23F3N6O4. The first kappa shape index (κ1) is 23.8. The van der Waals surface area contributed by atoms with Gasteiger partial charge in [0.2, 0.25) is 5.82 Å². The van der Waals surface area contributed by atoms with Crippen LogP contribution in [0.3, 0.4) is 0 Å². The SMILES string of the molecule is CC1(C)OC2CCOC(CNC(=O)c3ncccn3)C2O1.Nc1cncc(C(F)(F)F)n1. The number of ether oxygens (including phenoxy) is 3. The van der Waals surface area contributed by atoms with Gasteiger partial charge in [0.1, 0.15) is 18.0 Å². The molecule has 0 spiro atoms. The van der Waals surface area contributed by atoms with Crippen LogP contribution in [0.5, 0.6) is 0 Å². The highest BCUT2D eigenvalue weighted by molar-refractivity contribution is 5.90. The first-order valence-corrected chi connectivity index (χ1v) is 9.72. The molecule has 3 unspecified atom stereocenters. The van der Waals surface area contributed by atoms with Gasteiger partial charge in [-0.2, -0.15) is 13.2 Å². The summed E-state index contributed by atoms with van der Waals surface area (Å²) in [6, 6.07) is 1.66. The normalized spacial score (nSPS) is 24.1. The Balaban J connectivity index is 0.000000222. The number of halogens is 3. The molecule has 174 valence electrons. The van der Waals surface area contributed by atoms with E-state index in [0.29, 0.717) is 19.3 Å². The number of nitrogens with two attached hydrogens (primary N) is 1. The van der Waals surface area contributed by atoms with Crippen molar-refractivity contribution in [3.05, 3.63) is 42.4 Å². The monoisotopic (exact) mass is 456 g/mol. The van der Waals surface area contributed by atoms with Crippen LogP contribution < -0.4 is 11.1 Å². The molecule has 10 nitrogen and oxygen atoms in total. The lowest BCUT2D eigenvalue weighted by molar-refractivity contribution is -0.153. The zero-order chi connectivity index (χ0) is 23.4. The van der Waals surface area contributed by atoms with E-state index in [-0.39, 0.29) is 35.9 Å². The van der Waals surface area contributed by atoms with Crippen LogP contribution in [0, 0.1) is 0 Å². The minimum absolute atomic E-state index is 0.0172. The Kier molecular flexibility index (Phi) is 7.21. The Morgan fingerprint density at radius 1 is 1.25 bits per heavy atom. The predicted molar refractivity (Wildman–Crippen MR) is 104 cm³/mol. The van der Waals surface area contributed by atoms with E-state index in [1.807, 2.05) is 13.8 Å². The van der Waals surface area contributed by atoms with Crippen LogP contribution in [-0.2, 0) is 20.4 Å². The number of nitrogens with zero attached hydrogens (tertiary/aromatic N) is 4. The summed E-state index contributed by atoms with van der Waals surface area (Å²) in [5.74, 6) is -1.01. The maximum absolute atomic E-state index is 11.9. The third-order valence-corrected chi connectivity index (χ3v) is 4.50. The molecule has 2 aromatic heterocycles. The fourth-order valence-corrected chi connectivity index (χ4v) is 3.21. The summed E-state index contributed by atoms with van der Waals surface area (Å²) in [5, 5.41) is 2.78. The van der Waals surface area contributed by atoms with Crippen molar-refractivity contribution in [3.8, 4) is 0 Å². The van der Waals surface area contributed by atoms with Gasteiger partial charge in [-0.3, -0.25) is 9.78 Å². The van der Waals surface area contributed by atoms with Crippen LogP contribution in [0.15, 0.2) is 30.9 Å². The number of alkyl halides is 3. The third-order valence-electron chi connectivity index (χ3n) is 4.50. The number of hydrogen-bond acceptors (Lipinski definition) is 9. The molecule has 2 aromatic rings. The number of carbonyl (C=O) groups excluding carboxylic acids is 1. The van der Waals surface area contributed by atoms with Gasteiger partial charge in [0.05, 0.1) is 18.5 Å². The van der Waals surface area contributed by atoms with Crippen LogP contribution in [0.2, 0.25) is 0 Å². The summed E-state index contributed by atoms with van der Waals surface area (Å²) < 4.78 is 52.8. The average molecular weight is 456 g/mol. The fourth-order valence-electron chi connectivity index (χ4n) is 3.21. The number of hydrogen-bond donors (Lipinski definition) is 2. The van der Waals surface area contributed by atoms with E-state index in [1.54, 1.807) is 6.07 Å². The summed E-state index contributed by atoms with van der Waals surface area (Å²) in [7, 11) is 0. The molecule has 32 heavy (non-hydrogen) atoms. The number of nitrogen functional groups attached to an aromatic ring is 1. The van der Waals surface area contributed by atoms with Gasteiger partial charge in [0, 0.05) is 25.5 Å². The molecule has 13 heteroatoms. The van der Waals surface area contributed by atoms with Crippen molar-refractivity contribution in [3.63, 3.8) is 0 Å². The van der Waals surface area contributed by atoms with Crippen molar-refractivity contribution >= 4 is 11.7 Å². The lowest BCUT2D eigenvalue weighted by Gasteiger charge is -2.31. The molecular weight excluding hydrogens is 433 g/mol. The molecule has 0 bridgehead atoms. The quantitative estimate of drug-likeness (QED) is 0.706. The number of fused-ring (bicyclic) bond motifs is 1. The second-order valence-corrected chi connectivity index (χ2v) is 7.45. The zero-order valence-corrected chi connectivity index (χ0v) is 17.4. The van der Waals surface area contributed by atoms with Crippen molar-refractivity contribution in [1.82, 2.24) is 25.3 Å². The second-order valence-electron chi connectivity index (χ2n) is 7.45. The zero-order valence-electron chi connectivity index (χ0n) is 17.4. The van der Waals surface area contributed by atoms with Gasteiger partial charge in [-0.25, -0.2) is 15.0 Å². The number of anilines is 1. The van der Waals surface area contributed by atoms with Crippen LogP contribution in [0.1, 0.15) is 36.6 Å². The van der Waals surface area contributed by atoms with Crippen molar-refractivity contribution in [1.29, 1.82) is 0 Å². The standard InChI is InChI=1S/C14H19N3O4.C5H4F3N3/c1-14(2)20-9-4-7-19-10(11(9)21-14)8-17-13(18)12-15-5-3-6-16-12;6-5(7,8)3-1-10-2-4(9)11-3/h3,5-6,9-11H,4,7-8H2,1-2H3,(H,17,18);1-2H,(H2,9,11). The molecule has 2 aliphatic heterocycles. The number of carbonyl (C=O) groups is 1. The first-order chi connectivity index (χ1) is 15.0. The molecule has 2 saturated heterocycles. The van der Waals surface area contributed by atoms with Crippen molar-refractivity contribution in [2.24, 2.45) is 0 Å². The first-order valence-electron chi connectivity index (χ1n) is 9.72. The Morgan fingerprint density at radius 3 is 2.59 bits per heavy atom. The van der Waals surface area contributed by atoms with Gasteiger partial charge in [0.25, 0.3) is 5.91 Å². The summed E-state index contributed by atoms with van der Waals surface area (Å²) >= 11 is 0. The van der Waals surface area contributed by atoms with Crippen LogP contribution >= 0.6 is 0 Å². The van der Waals surface area contributed by atoms with E-state index >= 15 is 0 Å². The smallest absolute Gasteiger partial charge is 0.382 e. The molecule has 2 aliphatic rings. The molecule has 0 saturated carbocycles. The highest BCUT2D eigenvalue weighted by Gasteiger charge is 2.47. The van der Waals surface area contributed by atoms with Crippen molar-refractivity contribution in [2.45, 2.75) is 50.5 Å². The molecule has 4 rings (SSSR count). The molecule has 0 aromatic carbocycles. The molecule has 3 atom stereocenters. The maximum Gasteiger partial charge on any atom is 0.434 e. The number of rotatable bonds is 3. The van der Waals surface area contributed by atoms with Gasteiger partial charge in [-0.15, -0.1) is 0 Å². The van der Waals surface area contributed by atoms with E-state index in [2.05, 4.69) is 25.3 Å². The van der Waals surface area contributed by atoms with Crippen LogP contribution in [0.25, 0.3) is 0 Å². The molecule has 1 amide bonds. The molecule has 0 radical (unpaired) electrons. The molecule has 2 fully saturated rings. The highest BCUT2D eigenvalue weighted by atomic mass is 19.4. The largest absolute Gasteiger partial charge is 0.434 e. The maximum atomic E-state index is 11.9. The van der Waals surface area contributed by atoms with E-state index in [1.165, 1.54) is 12.4 Å². The summed E-state index contributed by atoms with van der Waals surface area (Å²) in [6.07, 6.45) is 0.707. The van der Waals surface area contributed by atoms with E-state index in [4.69, 9.17) is 19.9 Å².